The third-order valence-corrected chi connectivity index (χ3v) is 1.13. The quantitative estimate of drug-likeness (QED) is 0.331. The molecule has 0 saturated heterocycles. The first kappa shape index (κ1) is 17.1. The molecule has 7 heteroatoms. The van der Waals surface area contributed by atoms with E-state index in [2.05, 4.69) is 4.99 Å². The van der Waals surface area contributed by atoms with E-state index in [9.17, 15) is 0 Å². The lowest BCUT2D eigenvalue weighted by Gasteiger charge is -2.14. The number of carboxylic acid groups (broad SMARTS) is 1. The molecule has 0 aromatic carbocycles. The standard InChI is InChI=1S/C7H17N3O2.C2H4O2/c1-3-11-6(12-4-2)5-10-7(8)9;1-2(3)4/h6H,3-5H2,1-2H3,(H4,8,9,10);1H3,(H,3,4). The average molecular weight is 235 g/mol. The van der Waals surface area contributed by atoms with Crippen molar-refractivity contribution < 1.29 is 19.4 Å². The fourth-order valence-corrected chi connectivity index (χ4v) is 0.705. The van der Waals surface area contributed by atoms with E-state index >= 15 is 0 Å². The minimum absolute atomic E-state index is 0.0550. The van der Waals surface area contributed by atoms with Gasteiger partial charge in [-0.25, -0.2) is 4.99 Å². The van der Waals surface area contributed by atoms with Gasteiger partial charge in [0.05, 0.1) is 6.54 Å². The molecular weight excluding hydrogens is 214 g/mol. The summed E-state index contributed by atoms with van der Waals surface area (Å²) in [6.07, 6.45) is -0.331. The number of aliphatic imine (C=N–C) groups is 1. The maximum absolute atomic E-state index is 9.00. The maximum Gasteiger partial charge on any atom is 0.300 e. The number of aliphatic carboxylic acids is 1. The Balaban J connectivity index is 0. The summed E-state index contributed by atoms with van der Waals surface area (Å²) < 4.78 is 10.4. The van der Waals surface area contributed by atoms with Crippen molar-refractivity contribution >= 4 is 11.9 Å². The highest BCUT2D eigenvalue weighted by molar-refractivity contribution is 5.75. The van der Waals surface area contributed by atoms with Gasteiger partial charge in [0.1, 0.15) is 0 Å². The molecule has 0 aromatic rings. The third-order valence-electron chi connectivity index (χ3n) is 1.13. The van der Waals surface area contributed by atoms with E-state index in [4.69, 9.17) is 30.8 Å². The van der Waals surface area contributed by atoms with Crippen LogP contribution in [0, 0.1) is 0 Å². The smallest absolute Gasteiger partial charge is 0.300 e. The molecule has 0 spiro atoms. The van der Waals surface area contributed by atoms with Gasteiger partial charge in [-0.05, 0) is 13.8 Å². The molecule has 0 saturated carbocycles. The van der Waals surface area contributed by atoms with Gasteiger partial charge in [-0.3, -0.25) is 4.79 Å². The Bertz CT molecular complexity index is 195. The van der Waals surface area contributed by atoms with Crippen LogP contribution in [0.4, 0.5) is 0 Å². The molecule has 7 nitrogen and oxygen atoms in total. The van der Waals surface area contributed by atoms with Gasteiger partial charge in [0, 0.05) is 20.1 Å². The molecule has 0 heterocycles. The molecule has 5 N–H and O–H groups in total. The zero-order chi connectivity index (χ0) is 13.0. The predicted molar refractivity (Wildman–Crippen MR) is 61.0 cm³/mol. The van der Waals surface area contributed by atoms with Gasteiger partial charge in [0.15, 0.2) is 12.2 Å². The minimum Gasteiger partial charge on any atom is -0.481 e. The van der Waals surface area contributed by atoms with Crippen LogP contribution in [0.15, 0.2) is 4.99 Å². The van der Waals surface area contributed by atoms with Gasteiger partial charge >= 0.3 is 0 Å². The van der Waals surface area contributed by atoms with E-state index in [-0.39, 0.29) is 12.2 Å². The zero-order valence-electron chi connectivity index (χ0n) is 9.97. The number of guanidine groups is 1. The van der Waals surface area contributed by atoms with Crippen LogP contribution in [-0.2, 0) is 14.3 Å². The van der Waals surface area contributed by atoms with Gasteiger partial charge in [-0.15, -0.1) is 0 Å². The van der Waals surface area contributed by atoms with Crippen LogP contribution in [0.3, 0.4) is 0 Å². The first-order chi connectivity index (χ1) is 7.43. The van der Waals surface area contributed by atoms with Crippen LogP contribution in [0.1, 0.15) is 20.8 Å². The third kappa shape index (κ3) is 18.4. The summed E-state index contributed by atoms with van der Waals surface area (Å²) in [5.74, 6) is -0.778. The van der Waals surface area contributed by atoms with E-state index in [1.54, 1.807) is 0 Å². The van der Waals surface area contributed by atoms with Crippen LogP contribution < -0.4 is 11.5 Å². The van der Waals surface area contributed by atoms with E-state index in [0.717, 1.165) is 6.92 Å². The lowest BCUT2D eigenvalue weighted by Crippen LogP contribution is -2.27. The zero-order valence-corrected chi connectivity index (χ0v) is 9.97. The van der Waals surface area contributed by atoms with Crippen molar-refractivity contribution in [2.24, 2.45) is 16.5 Å². The highest BCUT2D eigenvalue weighted by atomic mass is 16.7. The summed E-state index contributed by atoms with van der Waals surface area (Å²) in [5.41, 5.74) is 10.3. The van der Waals surface area contributed by atoms with Gasteiger partial charge < -0.3 is 26.0 Å². The second kappa shape index (κ2) is 11.7. The fraction of sp³-hybridized carbons (Fsp3) is 0.778. The van der Waals surface area contributed by atoms with Crippen molar-refractivity contribution in [2.75, 3.05) is 19.8 Å². The molecule has 0 aromatic heterocycles. The molecule has 0 amide bonds. The van der Waals surface area contributed by atoms with Crippen LogP contribution in [-0.4, -0.2) is 43.1 Å². The van der Waals surface area contributed by atoms with Crippen molar-refractivity contribution in [3.05, 3.63) is 0 Å². The normalized spacial score (nSPS) is 9.25. The molecule has 0 aliphatic rings. The molecule has 0 radical (unpaired) electrons. The van der Waals surface area contributed by atoms with Crippen LogP contribution in [0.2, 0.25) is 0 Å². The molecule has 0 bridgehead atoms. The van der Waals surface area contributed by atoms with E-state index in [0.29, 0.717) is 19.8 Å². The Morgan fingerprint density at radius 3 is 1.94 bits per heavy atom. The van der Waals surface area contributed by atoms with Gasteiger partial charge in [-0.2, -0.15) is 0 Å². The molecule has 0 aliphatic carbocycles. The topological polar surface area (TPSA) is 120 Å². The Kier molecular flexibility index (Phi) is 12.5. The van der Waals surface area contributed by atoms with Crippen LogP contribution in [0.25, 0.3) is 0 Å². The number of nitrogens with zero attached hydrogens (tertiary/aromatic N) is 1. The lowest BCUT2D eigenvalue weighted by atomic mass is 10.6. The number of hydrogen-bond donors (Lipinski definition) is 3. The number of rotatable bonds is 6. The van der Waals surface area contributed by atoms with Crippen molar-refractivity contribution in [3.8, 4) is 0 Å². The second-order valence-corrected chi connectivity index (χ2v) is 2.62. The van der Waals surface area contributed by atoms with Gasteiger partial charge in [-0.1, -0.05) is 0 Å². The van der Waals surface area contributed by atoms with E-state index in [1.165, 1.54) is 0 Å². The monoisotopic (exact) mass is 235 g/mol. The SMILES string of the molecule is CC(=O)O.CCOC(CN=C(N)N)OCC. The lowest BCUT2D eigenvalue weighted by molar-refractivity contribution is -0.134. The van der Waals surface area contributed by atoms with E-state index < -0.39 is 5.97 Å². The summed E-state index contributed by atoms with van der Waals surface area (Å²) in [6.45, 7) is 6.39. The Hall–Kier alpha value is -1.34. The molecule has 96 valence electrons. The summed E-state index contributed by atoms with van der Waals surface area (Å²) in [5, 5.41) is 7.42. The van der Waals surface area contributed by atoms with Crippen molar-refractivity contribution in [2.45, 2.75) is 27.1 Å². The number of carboxylic acids is 1. The van der Waals surface area contributed by atoms with Crippen molar-refractivity contribution in [1.29, 1.82) is 0 Å². The Morgan fingerprint density at radius 2 is 1.69 bits per heavy atom. The summed E-state index contributed by atoms with van der Waals surface area (Å²) in [4.78, 5) is 12.8. The fourth-order valence-electron chi connectivity index (χ4n) is 0.705. The van der Waals surface area contributed by atoms with Gasteiger partial charge in [0.25, 0.3) is 5.97 Å². The molecule has 0 unspecified atom stereocenters. The highest BCUT2D eigenvalue weighted by Crippen LogP contribution is 1.95. The average Bonchev–Trinajstić information content (AvgIpc) is 2.14. The van der Waals surface area contributed by atoms with Crippen LogP contribution >= 0.6 is 0 Å². The number of nitrogens with two attached hydrogens (primary N) is 2. The predicted octanol–water partition coefficient (Wildman–Crippen LogP) is -0.250. The number of carbonyl (C=O) groups is 1. The molecule has 0 fully saturated rings. The second-order valence-electron chi connectivity index (χ2n) is 2.62. The molecule has 0 aliphatic heterocycles. The van der Waals surface area contributed by atoms with Gasteiger partial charge in [0.2, 0.25) is 0 Å². The Labute approximate surface area is 95.4 Å². The van der Waals surface area contributed by atoms with Crippen molar-refractivity contribution in [1.82, 2.24) is 0 Å². The molecule has 0 atom stereocenters. The number of ether oxygens (including phenoxy) is 2. The summed E-state index contributed by atoms with van der Waals surface area (Å²) >= 11 is 0. The minimum atomic E-state index is -0.833. The first-order valence-corrected chi connectivity index (χ1v) is 4.92. The number of hydrogen-bond acceptors (Lipinski definition) is 4. The maximum atomic E-state index is 9.00. The summed E-state index contributed by atoms with van der Waals surface area (Å²) in [6, 6.07) is 0. The van der Waals surface area contributed by atoms with Crippen molar-refractivity contribution in [3.63, 3.8) is 0 Å². The van der Waals surface area contributed by atoms with E-state index in [1.807, 2.05) is 13.8 Å². The van der Waals surface area contributed by atoms with Crippen LogP contribution in [0.5, 0.6) is 0 Å². The highest BCUT2D eigenvalue weighted by Gasteiger charge is 2.05. The first-order valence-electron chi connectivity index (χ1n) is 4.92. The summed E-state index contributed by atoms with van der Waals surface area (Å²) in [7, 11) is 0. The molecule has 0 rings (SSSR count). The molecular formula is C9H21N3O4. The largest absolute Gasteiger partial charge is 0.481 e. The molecule has 16 heavy (non-hydrogen) atoms. The Morgan fingerprint density at radius 1 is 1.31 bits per heavy atom.